The summed E-state index contributed by atoms with van der Waals surface area (Å²) < 4.78 is 26.5. The number of hydrogen-bond donors (Lipinski definition) is 2. The van der Waals surface area contributed by atoms with Crippen molar-refractivity contribution in [1.29, 1.82) is 0 Å². The predicted octanol–water partition coefficient (Wildman–Crippen LogP) is 1.53. The third-order valence-corrected chi connectivity index (χ3v) is 5.64. The lowest BCUT2D eigenvalue weighted by atomic mass is 10.2. The first-order valence-corrected chi connectivity index (χ1v) is 8.20. The molecular formula is C11H19N3O3S2. The number of thiophene rings is 1. The molecule has 0 atom stereocenters. The van der Waals surface area contributed by atoms with Crippen molar-refractivity contribution in [2.75, 3.05) is 13.1 Å². The molecule has 0 saturated carbocycles. The van der Waals surface area contributed by atoms with Gasteiger partial charge in [0.15, 0.2) is 0 Å². The van der Waals surface area contributed by atoms with Crippen LogP contribution >= 0.6 is 11.3 Å². The van der Waals surface area contributed by atoms with E-state index in [1.54, 1.807) is 17.5 Å². The number of oxime groups is 1. The van der Waals surface area contributed by atoms with E-state index in [-0.39, 0.29) is 24.7 Å². The predicted molar refractivity (Wildman–Crippen MR) is 75.9 cm³/mol. The zero-order valence-electron chi connectivity index (χ0n) is 11.0. The molecule has 0 aliphatic carbocycles. The van der Waals surface area contributed by atoms with Crippen LogP contribution in [0, 0.1) is 5.92 Å². The lowest BCUT2D eigenvalue weighted by molar-refractivity contribution is 0.314. The van der Waals surface area contributed by atoms with Gasteiger partial charge in [0.25, 0.3) is 10.0 Å². The Bertz CT molecular complexity index is 509. The van der Waals surface area contributed by atoms with Gasteiger partial charge in [-0.2, -0.15) is 4.31 Å². The average molecular weight is 305 g/mol. The van der Waals surface area contributed by atoms with E-state index in [1.165, 1.54) is 15.6 Å². The van der Waals surface area contributed by atoms with Crippen molar-refractivity contribution in [1.82, 2.24) is 4.31 Å². The minimum absolute atomic E-state index is 0.0233. The van der Waals surface area contributed by atoms with E-state index in [2.05, 4.69) is 5.16 Å². The molecule has 8 heteroatoms. The fourth-order valence-corrected chi connectivity index (χ4v) is 4.29. The molecule has 1 heterocycles. The van der Waals surface area contributed by atoms with Crippen molar-refractivity contribution in [3.05, 3.63) is 17.5 Å². The van der Waals surface area contributed by atoms with Gasteiger partial charge in [-0.15, -0.1) is 11.3 Å². The Balaban J connectivity index is 2.90. The third kappa shape index (κ3) is 4.48. The Morgan fingerprint density at radius 3 is 2.74 bits per heavy atom. The molecule has 0 saturated heterocycles. The highest BCUT2D eigenvalue weighted by atomic mass is 32.2. The highest BCUT2D eigenvalue weighted by Crippen LogP contribution is 2.22. The molecule has 0 radical (unpaired) electrons. The minimum Gasteiger partial charge on any atom is -0.409 e. The summed E-state index contributed by atoms with van der Waals surface area (Å²) in [5.74, 6) is 0.220. The molecule has 19 heavy (non-hydrogen) atoms. The van der Waals surface area contributed by atoms with Gasteiger partial charge < -0.3 is 10.9 Å². The lowest BCUT2D eigenvalue weighted by Gasteiger charge is -2.22. The van der Waals surface area contributed by atoms with Crippen molar-refractivity contribution in [3.63, 3.8) is 0 Å². The minimum atomic E-state index is -3.50. The molecule has 0 aromatic carbocycles. The largest absolute Gasteiger partial charge is 0.409 e. The van der Waals surface area contributed by atoms with Crippen molar-refractivity contribution < 1.29 is 13.6 Å². The van der Waals surface area contributed by atoms with E-state index in [0.717, 1.165) is 0 Å². The molecule has 1 rings (SSSR count). The summed E-state index contributed by atoms with van der Waals surface area (Å²) in [5, 5.41) is 13.1. The molecule has 0 unspecified atom stereocenters. The van der Waals surface area contributed by atoms with E-state index in [9.17, 15) is 8.42 Å². The van der Waals surface area contributed by atoms with Crippen molar-refractivity contribution in [2.24, 2.45) is 16.8 Å². The molecule has 0 aliphatic heterocycles. The molecule has 108 valence electrons. The first-order chi connectivity index (χ1) is 8.87. The van der Waals surface area contributed by atoms with Crippen LogP contribution in [-0.2, 0) is 10.0 Å². The van der Waals surface area contributed by atoms with Crippen molar-refractivity contribution in [3.8, 4) is 0 Å². The molecule has 0 fully saturated rings. The van der Waals surface area contributed by atoms with E-state index >= 15 is 0 Å². The van der Waals surface area contributed by atoms with E-state index in [0.29, 0.717) is 10.8 Å². The SMILES string of the molecule is CC(C)CN(CCC(N)=NO)S(=O)(=O)c1cccs1. The van der Waals surface area contributed by atoms with Crippen LogP contribution in [0.5, 0.6) is 0 Å². The first-order valence-electron chi connectivity index (χ1n) is 5.88. The van der Waals surface area contributed by atoms with Crippen molar-refractivity contribution in [2.45, 2.75) is 24.5 Å². The van der Waals surface area contributed by atoms with Crippen LogP contribution in [0.25, 0.3) is 0 Å². The highest BCUT2D eigenvalue weighted by Gasteiger charge is 2.25. The summed E-state index contributed by atoms with van der Waals surface area (Å²) in [6.07, 6.45) is 0.202. The molecule has 1 aromatic rings. The van der Waals surface area contributed by atoms with Gasteiger partial charge >= 0.3 is 0 Å². The maximum atomic E-state index is 12.4. The molecule has 0 bridgehead atoms. The zero-order chi connectivity index (χ0) is 14.5. The number of rotatable bonds is 7. The Kier molecular flexibility index (Phi) is 5.77. The second kappa shape index (κ2) is 6.88. The molecular weight excluding hydrogens is 286 g/mol. The molecule has 6 nitrogen and oxygen atoms in total. The Morgan fingerprint density at radius 2 is 2.26 bits per heavy atom. The van der Waals surface area contributed by atoms with Gasteiger partial charge in [0.2, 0.25) is 0 Å². The quantitative estimate of drug-likeness (QED) is 0.345. The maximum Gasteiger partial charge on any atom is 0.252 e. The maximum absolute atomic E-state index is 12.4. The first kappa shape index (κ1) is 15.9. The number of sulfonamides is 1. The zero-order valence-corrected chi connectivity index (χ0v) is 12.6. The monoisotopic (exact) mass is 305 g/mol. The molecule has 0 spiro atoms. The van der Waals surface area contributed by atoms with Gasteiger partial charge in [0, 0.05) is 19.5 Å². The third-order valence-electron chi connectivity index (χ3n) is 2.40. The summed E-state index contributed by atoms with van der Waals surface area (Å²) >= 11 is 1.18. The van der Waals surface area contributed by atoms with Gasteiger partial charge in [-0.3, -0.25) is 0 Å². The summed E-state index contributed by atoms with van der Waals surface area (Å²) in [6, 6.07) is 3.28. The van der Waals surface area contributed by atoms with Crippen LogP contribution in [-0.4, -0.2) is 36.9 Å². The number of nitrogens with two attached hydrogens (primary N) is 1. The van der Waals surface area contributed by atoms with Crippen LogP contribution in [0.1, 0.15) is 20.3 Å². The summed E-state index contributed by atoms with van der Waals surface area (Å²) in [5.41, 5.74) is 5.40. The van der Waals surface area contributed by atoms with Crippen molar-refractivity contribution >= 4 is 27.2 Å². The molecule has 3 N–H and O–H groups in total. The Labute approximate surface area is 117 Å². The van der Waals surface area contributed by atoms with Crippen LogP contribution in [0.4, 0.5) is 0 Å². The average Bonchev–Trinajstić information content (AvgIpc) is 2.87. The topological polar surface area (TPSA) is 96.0 Å². The second-order valence-electron chi connectivity index (χ2n) is 4.53. The van der Waals surface area contributed by atoms with E-state index in [1.807, 2.05) is 13.8 Å². The molecule has 1 aromatic heterocycles. The Morgan fingerprint density at radius 1 is 1.58 bits per heavy atom. The van der Waals surface area contributed by atoms with Crippen LogP contribution < -0.4 is 5.73 Å². The normalized spacial score (nSPS) is 13.4. The molecule has 0 aliphatic rings. The standard InChI is InChI=1S/C11H19N3O3S2/c1-9(2)8-14(6-5-10(12)13-15)19(16,17)11-4-3-7-18-11/h3-4,7,9,15H,5-6,8H2,1-2H3,(H2,12,13). The van der Waals surface area contributed by atoms with Gasteiger partial charge in [0.05, 0.1) is 0 Å². The summed E-state index contributed by atoms with van der Waals surface area (Å²) in [6.45, 7) is 4.49. The number of amidine groups is 1. The smallest absolute Gasteiger partial charge is 0.252 e. The fourth-order valence-electron chi connectivity index (χ4n) is 1.54. The van der Waals surface area contributed by atoms with Crippen LogP contribution in [0.3, 0.4) is 0 Å². The van der Waals surface area contributed by atoms with Gasteiger partial charge in [0.1, 0.15) is 10.0 Å². The summed E-state index contributed by atoms with van der Waals surface area (Å²) in [7, 11) is -3.50. The summed E-state index contributed by atoms with van der Waals surface area (Å²) in [4.78, 5) is 0. The molecule has 0 amide bonds. The van der Waals surface area contributed by atoms with Gasteiger partial charge in [-0.25, -0.2) is 8.42 Å². The van der Waals surface area contributed by atoms with E-state index < -0.39 is 10.0 Å². The van der Waals surface area contributed by atoms with E-state index in [4.69, 9.17) is 10.9 Å². The van der Waals surface area contributed by atoms with Crippen LogP contribution in [0.15, 0.2) is 26.9 Å². The Hall–Kier alpha value is -1.12. The van der Waals surface area contributed by atoms with Gasteiger partial charge in [-0.05, 0) is 17.4 Å². The lowest BCUT2D eigenvalue weighted by Crippen LogP contribution is -2.36. The number of hydrogen-bond acceptors (Lipinski definition) is 5. The van der Waals surface area contributed by atoms with Gasteiger partial charge in [-0.1, -0.05) is 25.1 Å². The highest BCUT2D eigenvalue weighted by molar-refractivity contribution is 7.91. The fraction of sp³-hybridized carbons (Fsp3) is 0.545. The number of nitrogens with zero attached hydrogens (tertiary/aromatic N) is 2. The second-order valence-corrected chi connectivity index (χ2v) is 7.64. The van der Waals surface area contributed by atoms with Crippen LogP contribution in [0.2, 0.25) is 0 Å².